The third kappa shape index (κ3) is 3.74. The van der Waals surface area contributed by atoms with E-state index in [9.17, 15) is 0 Å². The van der Waals surface area contributed by atoms with E-state index in [4.69, 9.17) is 9.84 Å². The molecule has 18 heavy (non-hydrogen) atoms. The van der Waals surface area contributed by atoms with Gasteiger partial charge in [-0.1, -0.05) is 32.9 Å². The second-order valence-electron chi connectivity index (χ2n) is 5.80. The molecule has 0 radical (unpaired) electrons. The zero-order valence-electron chi connectivity index (χ0n) is 12.3. The first-order valence-corrected chi connectivity index (χ1v) is 6.77. The second-order valence-corrected chi connectivity index (χ2v) is 5.80. The maximum Gasteiger partial charge on any atom is 0.125 e. The van der Waals surface area contributed by atoms with Gasteiger partial charge in [0, 0.05) is 12.2 Å². The maximum absolute atomic E-state index is 8.94. The molecule has 0 aromatic heterocycles. The van der Waals surface area contributed by atoms with E-state index in [0.29, 0.717) is 6.61 Å². The molecule has 2 heteroatoms. The van der Waals surface area contributed by atoms with Crippen LogP contribution in [0.3, 0.4) is 0 Å². The SMILES string of the molecule is CCOc1c(C)cc(CCCO)cc1C(C)(C)C. The molecule has 0 aliphatic rings. The van der Waals surface area contributed by atoms with Gasteiger partial charge < -0.3 is 9.84 Å². The Bertz CT molecular complexity index is 389. The van der Waals surface area contributed by atoms with Crippen LogP contribution in [0, 0.1) is 6.92 Å². The zero-order valence-corrected chi connectivity index (χ0v) is 12.3. The van der Waals surface area contributed by atoms with Crippen LogP contribution in [0.15, 0.2) is 12.1 Å². The second kappa shape index (κ2) is 6.24. The van der Waals surface area contributed by atoms with Gasteiger partial charge in [-0.25, -0.2) is 0 Å². The van der Waals surface area contributed by atoms with Gasteiger partial charge >= 0.3 is 0 Å². The van der Waals surface area contributed by atoms with Crippen LogP contribution in [0.2, 0.25) is 0 Å². The molecule has 0 saturated heterocycles. The van der Waals surface area contributed by atoms with Crippen molar-refractivity contribution in [2.45, 2.75) is 52.9 Å². The number of ether oxygens (including phenoxy) is 1. The van der Waals surface area contributed by atoms with Gasteiger partial charge in [0.1, 0.15) is 5.75 Å². The standard InChI is InChI=1S/C16H26O2/c1-6-18-15-12(2)10-13(8-7-9-17)11-14(15)16(3,4)5/h10-11,17H,6-9H2,1-5H3. The van der Waals surface area contributed by atoms with Crippen molar-refractivity contribution in [1.29, 1.82) is 0 Å². The summed E-state index contributed by atoms with van der Waals surface area (Å²) in [5, 5.41) is 8.94. The Labute approximate surface area is 111 Å². The summed E-state index contributed by atoms with van der Waals surface area (Å²) in [5.41, 5.74) is 3.81. The van der Waals surface area contributed by atoms with Crippen molar-refractivity contribution in [3.63, 3.8) is 0 Å². The number of aliphatic hydroxyl groups is 1. The molecule has 1 rings (SSSR count). The molecule has 0 unspecified atom stereocenters. The zero-order chi connectivity index (χ0) is 13.8. The lowest BCUT2D eigenvalue weighted by Crippen LogP contribution is -2.15. The Morgan fingerprint density at radius 3 is 2.39 bits per heavy atom. The van der Waals surface area contributed by atoms with E-state index in [1.165, 1.54) is 16.7 Å². The molecular formula is C16H26O2. The molecule has 0 aliphatic carbocycles. The predicted molar refractivity (Wildman–Crippen MR) is 76.5 cm³/mol. The van der Waals surface area contributed by atoms with Crippen molar-refractivity contribution >= 4 is 0 Å². The molecule has 1 aromatic carbocycles. The Morgan fingerprint density at radius 2 is 1.89 bits per heavy atom. The first-order valence-electron chi connectivity index (χ1n) is 6.77. The average molecular weight is 250 g/mol. The molecule has 0 atom stereocenters. The number of hydrogen-bond donors (Lipinski definition) is 1. The molecule has 0 fully saturated rings. The lowest BCUT2D eigenvalue weighted by molar-refractivity contribution is 0.288. The van der Waals surface area contributed by atoms with E-state index in [2.05, 4.69) is 39.8 Å². The van der Waals surface area contributed by atoms with Crippen LogP contribution < -0.4 is 4.74 Å². The summed E-state index contributed by atoms with van der Waals surface area (Å²) in [6.07, 6.45) is 1.74. The minimum absolute atomic E-state index is 0.0739. The van der Waals surface area contributed by atoms with Crippen LogP contribution in [0.4, 0.5) is 0 Å². The monoisotopic (exact) mass is 250 g/mol. The van der Waals surface area contributed by atoms with Gasteiger partial charge in [0.25, 0.3) is 0 Å². The normalized spacial score (nSPS) is 11.7. The van der Waals surface area contributed by atoms with Gasteiger partial charge in [0.05, 0.1) is 6.61 Å². The number of benzene rings is 1. The molecule has 2 nitrogen and oxygen atoms in total. The third-order valence-electron chi connectivity index (χ3n) is 3.05. The number of rotatable bonds is 5. The fraction of sp³-hybridized carbons (Fsp3) is 0.625. The summed E-state index contributed by atoms with van der Waals surface area (Å²) in [5.74, 6) is 1.03. The minimum Gasteiger partial charge on any atom is -0.493 e. The summed E-state index contributed by atoms with van der Waals surface area (Å²) in [7, 11) is 0. The maximum atomic E-state index is 8.94. The largest absolute Gasteiger partial charge is 0.493 e. The molecule has 0 saturated carbocycles. The van der Waals surface area contributed by atoms with E-state index < -0.39 is 0 Å². The molecule has 0 spiro atoms. The molecule has 102 valence electrons. The van der Waals surface area contributed by atoms with Gasteiger partial charge in [0.15, 0.2) is 0 Å². The average Bonchev–Trinajstić information content (AvgIpc) is 2.28. The van der Waals surface area contributed by atoms with E-state index in [-0.39, 0.29) is 12.0 Å². The Balaban J connectivity index is 3.19. The van der Waals surface area contributed by atoms with Gasteiger partial charge in [0.2, 0.25) is 0 Å². The first kappa shape index (κ1) is 15.0. The highest BCUT2D eigenvalue weighted by atomic mass is 16.5. The summed E-state index contributed by atoms with van der Waals surface area (Å²) < 4.78 is 5.80. The van der Waals surface area contributed by atoms with Crippen molar-refractivity contribution in [2.24, 2.45) is 0 Å². The van der Waals surface area contributed by atoms with Gasteiger partial charge in [-0.3, -0.25) is 0 Å². The van der Waals surface area contributed by atoms with Crippen molar-refractivity contribution in [2.75, 3.05) is 13.2 Å². The lowest BCUT2D eigenvalue weighted by Gasteiger charge is -2.25. The van der Waals surface area contributed by atoms with Crippen LogP contribution in [0.1, 0.15) is 50.8 Å². The molecule has 0 heterocycles. The highest BCUT2D eigenvalue weighted by Gasteiger charge is 2.21. The Morgan fingerprint density at radius 1 is 1.22 bits per heavy atom. The Hall–Kier alpha value is -1.02. The van der Waals surface area contributed by atoms with Crippen molar-refractivity contribution in [3.05, 3.63) is 28.8 Å². The summed E-state index contributed by atoms with van der Waals surface area (Å²) in [6, 6.07) is 4.41. The van der Waals surface area contributed by atoms with Crippen LogP contribution in [0.25, 0.3) is 0 Å². The third-order valence-corrected chi connectivity index (χ3v) is 3.05. The molecule has 0 amide bonds. The number of aryl methyl sites for hydroxylation is 2. The van der Waals surface area contributed by atoms with Crippen molar-refractivity contribution in [1.82, 2.24) is 0 Å². The highest BCUT2D eigenvalue weighted by molar-refractivity contribution is 5.47. The van der Waals surface area contributed by atoms with E-state index in [1.807, 2.05) is 6.92 Å². The summed E-state index contributed by atoms with van der Waals surface area (Å²) >= 11 is 0. The predicted octanol–water partition coefficient (Wildman–Crippen LogP) is 3.62. The van der Waals surface area contributed by atoms with E-state index in [0.717, 1.165) is 18.6 Å². The van der Waals surface area contributed by atoms with Gasteiger partial charge in [-0.15, -0.1) is 0 Å². The topological polar surface area (TPSA) is 29.5 Å². The lowest BCUT2D eigenvalue weighted by atomic mass is 9.83. The quantitative estimate of drug-likeness (QED) is 0.865. The van der Waals surface area contributed by atoms with Gasteiger partial charge in [-0.2, -0.15) is 0 Å². The fourth-order valence-electron chi connectivity index (χ4n) is 2.17. The molecule has 0 aliphatic heterocycles. The first-order chi connectivity index (χ1) is 8.40. The van der Waals surface area contributed by atoms with Crippen LogP contribution in [-0.2, 0) is 11.8 Å². The summed E-state index contributed by atoms with van der Waals surface area (Å²) in [6.45, 7) is 11.7. The molecule has 1 aromatic rings. The van der Waals surface area contributed by atoms with Crippen LogP contribution in [-0.4, -0.2) is 18.3 Å². The number of hydrogen-bond acceptors (Lipinski definition) is 2. The molecular weight excluding hydrogens is 224 g/mol. The van der Waals surface area contributed by atoms with E-state index in [1.54, 1.807) is 0 Å². The summed E-state index contributed by atoms with van der Waals surface area (Å²) in [4.78, 5) is 0. The van der Waals surface area contributed by atoms with Crippen molar-refractivity contribution < 1.29 is 9.84 Å². The highest BCUT2D eigenvalue weighted by Crippen LogP contribution is 2.35. The number of aliphatic hydroxyl groups excluding tert-OH is 1. The van der Waals surface area contributed by atoms with Crippen LogP contribution in [0.5, 0.6) is 5.75 Å². The minimum atomic E-state index is 0.0739. The van der Waals surface area contributed by atoms with Gasteiger partial charge in [-0.05, 0) is 43.2 Å². The molecule has 0 bridgehead atoms. The van der Waals surface area contributed by atoms with E-state index >= 15 is 0 Å². The fourth-order valence-corrected chi connectivity index (χ4v) is 2.17. The smallest absolute Gasteiger partial charge is 0.125 e. The van der Waals surface area contributed by atoms with Crippen molar-refractivity contribution in [3.8, 4) is 5.75 Å². The Kier molecular flexibility index (Phi) is 5.21. The molecule has 1 N–H and O–H groups in total. The van der Waals surface area contributed by atoms with Crippen LogP contribution >= 0.6 is 0 Å².